The summed E-state index contributed by atoms with van der Waals surface area (Å²) in [6.45, 7) is 0. The molecule has 0 amide bonds. The summed E-state index contributed by atoms with van der Waals surface area (Å²) in [7, 11) is 0. The number of thiazole rings is 1. The Kier molecular flexibility index (Phi) is 3.25. The third-order valence-corrected chi connectivity index (χ3v) is 3.73. The van der Waals surface area contributed by atoms with E-state index in [0.29, 0.717) is 10.2 Å². The summed E-state index contributed by atoms with van der Waals surface area (Å²) in [5.41, 5.74) is 3.43. The fraction of sp³-hybridized carbons (Fsp3) is 0. The average molecular weight is 292 g/mol. The number of nitrogen functional groups attached to an aromatic ring is 1. The molecule has 0 aliphatic carbocycles. The van der Waals surface area contributed by atoms with Gasteiger partial charge in [-0.1, -0.05) is 22.9 Å². The molecule has 2 aromatic carbocycles. The van der Waals surface area contributed by atoms with E-state index in [-0.39, 0.29) is 0 Å². The molecule has 0 spiro atoms. The Morgan fingerprint density at radius 3 is 2.58 bits per heavy atom. The van der Waals surface area contributed by atoms with E-state index in [9.17, 15) is 0 Å². The number of hydrogen-bond acceptors (Lipinski definition) is 5. The number of nitrogens with two attached hydrogens (primary N) is 1. The average Bonchev–Trinajstić information content (AvgIpc) is 2.83. The lowest BCUT2D eigenvalue weighted by Gasteiger charge is -2.05. The van der Waals surface area contributed by atoms with E-state index in [1.54, 1.807) is 12.1 Å². The van der Waals surface area contributed by atoms with Gasteiger partial charge in [-0.05, 0) is 36.4 Å². The first-order valence-corrected chi connectivity index (χ1v) is 6.75. The molecular formula is C13H10ClN3OS. The van der Waals surface area contributed by atoms with Crippen molar-refractivity contribution in [3.8, 4) is 11.5 Å². The number of hydrazine groups is 1. The Hall–Kier alpha value is -1.82. The van der Waals surface area contributed by atoms with Gasteiger partial charge in [0.2, 0.25) is 0 Å². The molecule has 0 aliphatic rings. The molecule has 0 saturated heterocycles. The van der Waals surface area contributed by atoms with Gasteiger partial charge in [0.05, 0.1) is 10.2 Å². The maximum Gasteiger partial charge on any atom is 0.198 e. The number of benzene rings is 2. The zero-order chi connectivity index (χ0) is 13.2. The molecule has 6 heteroatoms. The SMILES string of the molecule is NNc1nc2ccc(Oc3ccc(Cl)cc3)cc2s1. The van der Waals surface area contributed by atoms with Gasteiger partial charge in [-0.15, -0.1) is 0 Å². The van der Waals surface area contributed by atoms with Gasteiger partial charge in [-0.3, -0.25) is 5.43 Å². The molecule has 0 fully saturated rings. The van der Waals surface area contributed by atoms with E-state index < -0.39 is 0 Å². The van der Waals surface area contributed by atoms with Gasteiger partial charge in [0.15, 0.2) is 5.13 Å². The minimum absolute atomic E-state index is 0.679. The van der Waals surface area contributed by atoms with Crippen molar-refractivity contribution in [3.63, 3.8) is 0 Å². The van der Waals surface area contributed by atoms with Crippen LogP contribution in [-0.4, -0.2) is 4.98 Å². The zero-order valence-electron chi connectivity index (χ0n) is 9.76. The standard InChI is InChI=1S/C13H10ClN3OS/c14-8-1-3-9(4-2-8)18-10-5-6-11-12(7-10)19-13(16-11)17-15/h1-7H,15H2,(H,16,17). The summed E-state index contributed by atoms with van der Waals surface area (Å²) in [6.07, 6.45) is 0. The van der Waals surface area contributed by atoms with Crippen LogP contribution >= 0.6 is 22.9 Å². The molecule has 0 saturated carbocycles. The zero-order valence-corrected chi connectivity index (χ0v) is 11.3. The molecule has 4 nitrogen and oxygen atoms in total. The molecule has 3 aromatic rings. The third kappa shape index (κ3) is 2.63. The van der Waals surface area contributed by atoms with Crippen LogP contribution in [0.25, 0.3) is 10.2 Å². The number of fused-ring (bicyclic) bond motifs is 1. The van der Waals surface area contributed by atoms with Crippen molar-refractivity contribution < 1.29 is 4.74 Å². The number of aromatic nitrogens is 1. The van der Waals surface area contributed by atoms with Gasteiger partial charge >= 0.3 is 0 Å². The molecule has 3 rings (SSSR count). The van der Waals surface area contributed by atoms with Crippen molar-refractivity contribution in [2.45, 2.75) is 0 Å². The summed E-state index contributed by atoms with van der Waals surface area (Å²) in [4.78, 5) is 4.30. The molecule has 0 aliphatic heterocycles. The second kappa shape index (κ2) is 5.05. The van der Waals surface area contributed by atoms with Crippen LogP contribution in [-0.2, 0) is 0 Å². The predicted molar refractivity (Wildman–Crippen MR) is 79.0 cm³/mol. The number of halogens is 1. The van der Waals surface area contributed by atoms with Gasteiger partial charge < -0.3 is 4.74 Å². The van der Waals surface area contributed by atoms with Crippen molar-refractivity contribution in [3.05, 3.63) is 47.5 Å². The molecule has 19 heavy (non-hydrogen) atoms. The highest BCUT2D eigenvalue weighted by molar-refractivity contribution is 7.22. The second-order valence-corrected chi connectivity index (χ2v) is 5.32. The predicted octanol–water partition coefficient (Wildman–Crippen LogP) is 4.03. The van der Waals surface area contributed by atoms with E-state index in [2.05, 4.69) is 10.4 Å². The van der Waals surface area contributed by atoms with E-state index in [1.807, 2.05) is 30.3 Å². The minimum atomic E-state index is 0.679. The van der Waals surface area contributed by atoms with E-state index in [0.717, 1.165) is 21.7 Å². The molecule has 0 atom stereocenters. The fourth-order valence-electron chi connectivity index (χ4n) is 1.67. The third-order valence-electron chi connectivity index (χ3n) is 2.53. The summed E-state index contributed by atoms with van der Waals surface area (Å²) in [5, 5.41) is 1.36. The maximum atomic E-state index is 5.83. The number of rotatable bonds is 3. The lowest BCUT2D eigenvalue weighted by Crippen LogP contribution is -2.05. The molecule has 1 aromatic heterocycles. The monoisotopic (exact) mass is 291 g/mol. The highest BCUT2D eigenvalue weighted by atomic mass is 35.5. The van der Waals surface area contributed by atoms with E-state index in [4.69, 9.17) is 22.2 Å². The van der Waals surface area contributed by atoms with Crippen LogP contribution in [0.3, 0.4) is 0 Å². The topological polar surface area (TPSA) is 60.2 Å². The summed E-state index contributed by atoms with van der Waals surface area (Å²) < 4.78 is 6.77. The van der Waals surface area contributed by atoms with Gasteiger partial charge in [0, 0.05) is 11.1 Å². The highest BCUT2D eigenvalue weighted by Crippen LogP contribution is 2.31. The minimum Gasteiger partial charge on any atom is -0.457 e. The fourth-order valence-corrected chi connectivity index (χ4v) is 2.60. The van der Waals surface area contributed by atoms with E-state index >= 15 is 0 Å². The Bertz CT molecular complexity index is 711. The van der Waals surface area contributed by atoms with Gasteiger partial charge in [0.1, 0.15) is 11.5 Å². The number of nitrogens with one attached hydrogen (secondary N) is 1. The summed E-state index contributed by atoms with van der Waals surface area (Å²) in [5.74, 6) is 6.84. The second-order valence-electron chi connectivity index (χ2n) is 3.85. The van der Waals surface area contributed by atoms with E-state index in [1.165, 1.54) is 11.3 Å². The molecular weight excluding hydrogens is 282 g/mol. The smallest absolute Gasteiger partial charge is 0.198 e. The maximum absolute atomic E-state index is 5.83. The van der Waals surface area contributed by atoms with Crippen LogP contribution in [0.4, 0.5) is 5.13 Å². The number of hydrogen-bond donors (Lipinski definition) is 2. The Morgan fingerprint density at radius 1 is 1.11 bits per heavy atom. The number of ether oxygens (including phenoxy) is 1. The van der Waals surface area contributed by atoms with Gasteiger partial charge in [-0.25, -0.2) is 10.8 Å². The van der Waals surface area contributed by atoms with Crippen LogP contribution in [0, 0.1) is 0 Å². The Morgan fingerprint density at radius 2 is 1.84 bits per heavy atom. The Balaban J connectivity index is 1.90. The number of anilines is 1. The lowest BCUT2D eigenvalue weighted by atomic mass is 10.3. The van der Waals surface area contributed by atoms with Crippen LogP contribution in [0.2, 0.25) is 5.02 Å². The van der Waals surface area contributed by atoms with Crippen molar-refractivity contribution in [2.24, 2.45) is 5.84 Å². The first-order chi connectivity index (χ1) is 9.24. The van der Waals surface area contributed by atoms with Crippen molar-refractivity contribution in [1.29, 1.82) is 0 Å². The van der Waals surface area contributed by atoms with Crippen LogP contribution in [0.1, 0.15) is 0 Å². The van der Waals surface area contributed by atoms with Crippen LogP contribution in [0.15, 0.2) is 42.5 Å². The first kappa shape index (κ1) is 12.2. The first-order valence-electron chi connectivity index (χ1n) is 5.55. The molecule has 3 N–H and O–H groups in total. The number of nitrogens with zero attached hydrogens (tertiary/aromatic N) is 1. The quantitative estimate of drug-likeness (QED) is 0.565. The molecule has 96 valence electrons. The Labute approximate surface area is 118 Å². The molecule has 1 heterocycles. The summed E-state index contributed by atoms with van der Waals surface area (Å²) in [6, 6.07) is 12.9. The molecule has 0 radical (unpaired) electrons. The van der Waals surface area contributed by atoms with Crippen molar-refractivity contribution in [2.75, 3.05) is 5.43 Å². The normalized spacial score (nSPS) is 10.6. The van der Waals surface area contributed by atoms with Crippen molar-refractivity contribution >= 4 is 38.3 Å². The van der Waals surface area contributed by atoms with Gasteiger partial charge in [-0.2, -0.15) is 0 Å². The van der Waals surface area contributed by atoms with Crippen LogP contribution in [0.5, 0.6) is 11.5 Å². The lowest BCUT2D eigenvalue weighted by molar-refractivity contribution is 0.483. The molecule has 0 unspecified atom stereocenters. The molecule has 0 bridgehead atoms. The largest absolute Gasteiger partial charge is 0.457 e. The van der Waals surface area contributed by atoms with Gasteiger partial charge in [0.25, 0.3) is 0 Å². The van der Waals surface area contributed by atoms with Crippen LogP contribution < -0.4 is 16.0 Å². The summed E-state index contributed by atoms with van der Waals surface area (Å²) >= 11 is 7.31. The van der Waals surface area contributed by atoms with Crippen molar-refractivity contribution in [1.82, 2.24) is 4.98 Å². The highest BCUT2D eigenvalue weighted by Gasteiger charge is 2.05.